The van der Waals surface area contributed by atoms with Crippen LogP contribution in [-0.2, 0) is 9.59 Å². The summed E-state index contributed by atoms with van der Waals surface area (Å²) in [5.41, 5.74) is 0.801. The number of aromatic nitrogens is 2. The average Bonchev–Trinajstić information content (AvgIpc) is 3.14. The quantitative estimate of drug-likeness (QED) is 0.757. The molecule has 1 aromatic heterocycles. The summed E-state index contributed by atoms with van der Waals surface area (Å²) in [5, 5.41) is 8.20. The molecule has 8 heteroatoms. The molecule has 1 aromatic carbocycles. The van der Waals surface area contributed by atoms with Gasteiger partial charge in [-0.3, -0.25) is 14.5 Å². The number of thioether (sulfide) groups is 1. The molecule has 0 radical (unpaired) electrons. The molecule has 2 heterocycles. The Balaban J connectivity index is 1.62. The summed E-state index contributed by atoms with van der Waals surface area (Å²) in [6, 6.07) is 7.51. The van der Waals surface area contributed by atoms with E-state index in [-0.39, 0.29) is 17.6 Å². The van der Waals surface area contributed by atoms with Gasteiger partial charge in [0.2, 0.25) is 17.7 Å². The van der Waals surface area contributed by atoms with Crippen LogP contribution in [0.25, 0.3) is 11.5 Å². The number of likely N-dealkylation sites (tertiary alicyclic amines) is 1. The van der Waals surface area contributed by atoms with Gasteiger partial charge < -0.3 is 4.42 Å². The summed E-state index contributed by atoms with van der Waals surface area (Å²) in [4.78, 5) is 24.7. The van der Waals surface area contributed by atoms with Crippen molar-refractivity contribution in [1.82, 2.24) is 15.1 Å². The van der Waals surface area contributed by atoms with E-state index < -0.39 is 0 Å². The topological polar surface area (TPSA) is 76.3 Å². The minimum Gasteiger partial charge on any atom is -0.411 e. The maximum absolute atomic E-state index is 11.9. The van der Waals surface area contributed by atoms with Crippen LogP contribution in [0.2, 0.25) is 0 Å². The van der Waals surface area contributed by atoms with E-state index in [4.69, 9.17) is 4.42 Å². The fourth-order valence-corrected chi connectivity index (χ4v) is 3.16. The summed E-state index contributed by atoms with van der Waals surface area (Å²) in [6.07, 6.45) is 1.19. The second kappa shape index (κ2) is 6.62. The van der Waals surface area contributed by atoms with Crippen molar-refractivity contribution in [3.05, 3.63) is 28.7 Å². The standard InChI is InChI=1S/C14H12BrN3O3S/c15-10-4-1-3-9(7-10)13-16-17-14(21-13)22-8-12(20)18-6-2-5-11(18)19/h1,3-4,7H,2,5-6,8H2. The number of carbonyl (C=O) groups excluding carboxylic acids is 2. The largest absolute Gasteiger partial charge is 0.411 e. The third-order valence-electron chi connectivity index (χ3n) is 3.17. The number of amides is 2. The molecule has 0 unspecified atom stereocenters. The third kappa shape index (κ3) is 3.38. The number of hydrogen-bond donors (Lipinski definition) is 0. The SMILES string of the molecule is O=C1CCCN1C(=O)CSc1nnc(-c2cccc(Br)c2)o1. The first kappa shape index (κ1) is 15.2. The van der Waals surface area contributed by atoms with E-state index in [1.807, 2.05) is 24.3 Å². The lowest BCUT2D eigenvalue weighted by atomic mass is 10.2. The maximum atomic E-state index is 11.9. The molecule has 2 amide bonds. The number of hydrogen-bond acceptors (Lipinski definition) is 6. The Bertz CT molecular complexity index is 719. The molecule has 0 N–H and O–H groups in total. The van der Waals surface area contributed by atoms with Crippen LogP contribution in [0.5, 0.6) is 0 Å². The van der Waals surface area contributed by atoms with Crippen LogP contribution >= 0.6 is 27.7 Å². The summed E-state index contributed by atoms with van der Waals surface area (Å²) in [6.45, 7) is 0.505. The zero-order valence-electron chi connectivity index (χ0n) is 11.5. The van der Waals surface area contributed by atoms with Crippen LogP contribution in [0, 0.1) is 0 Å². The summed E-state index contributed by atoms with van der Waals surface area (Å²) >= 11 is 4.52. The average molecular weight is 382 g/mol. The highest BCUT2D eigenvalue weighted by atomic mass is 79.9. The molecule has 0 aliphatic carbocycles. The molecule has 3 rings (SSSR count). The molecule has 114 valence electrons. The lowest BCUT2D eigenvalue weighted by Gasteiger charge is -2.11. The van der Waals surface area contributed by atoms with Crippen molar-refractivity contribution in [3.8, 4) is 11.5 Å². The van der Waals surface area contributed by atoms with Gasteiger partial charge in [-0.15, -0.1) is 10.2 Å². The molecule has 22 heavy (non-hydrogen) atoms. The molecular weight excluding hydrogens is 370 g/mol. The Kier molecular flexibility index (Phi) is 4.58. The number of carbonyl (C=O) groups is 2. The van der Waals surface area contributed by atoms with Crippen molar-refractivity contribution in [2.45, 2.75) is 18.1 Å². The van der Waals surface area contributed by atoms with Crippen molar-refractivity contribution in [1.29, 1.82) is 0 Å². The fourth-order valence-electron chi connectivity index (χ4n) is 2.12. The van der Waals surface area contributed by atoms with Crippen LogP contribution in [0.3, 0.4) is 0 Å². The summed E-state index contributed by atoms with van der Waals surface area (Å²) < 4.78 is 6.45. The van der Waals surface area contributed by atoms with Gasteiger partial charge in [-0.05, 0) is 24.6 Å². The van der Waals surface area contributed by atoms with Gasteiger partial charge in [0, 0.05) is 23.0 Å². The van der Waals surface area contributed by atoms with Gasteiger partial charge in [0.1, 0.15) is 0 Å². The molecule has 6 nitrogen and oxygen atoms in total. The van der Waals surface area contributed by atoms with Gasteiger partial charge in [0.05, 0.1) is 5.75 Å². The molecule has 0 atom stereocenters. The first-order valence-electron chi connectivity index (χ1n) is 6.69. The highest BCUT2D eigenvalue weighted by molar-refractivity contribution is 9.10. The lowest BCUT2D eigenvalue weighted by molar-refractivity contribution is -0.140. The highest BCUT2D eigenvalue weighted by Gasteiger charge is 2.26. The molecule has 0 spiro atoms. The van der Waals surface area contributed by atoms with Gasteiger partial charge in [-0.2, -0.15) is 0 Å². The molecule has 1 aliphatic heterocycles. The summed E-state index contributed by atoms with van der Waals surface area (Å²) in [7, 11) is 0. The minimum absolute atomic E-state index is 0.106. The monoisotopic (exact) mass is 381 g/mol. The van der Waals surface area contributed by atoms with Crippen LogP contribution in [0.4, 0.5) is 0 Å². The van der Waals surface area contributed by atoms with Gasteiger partial charge in [-0.25, -0.2) is 0 Å². The van der Waals surface area contributed by atoms with Crippen molar-refractivity contribution >= 4 is 39.5 Å². The van der Waals surface area contributed by atoms with E-state index in [0.717, 1.165) is 28.2 Å². The van der Waals surface area contributed by atoms with E-state index in [1.165, 1.54) is 4.90 Å². The second-order valence-corrected chi connectivity index (χ2v) is 6.56. The number of rotatable bonds is 4. The molecule has 2 aromatic rings. The number of benzene rings is 1. The Hall–Kier alpha value is -1.67. The Morgan fingerprint density at radius 3 is 3.00 bits per heavy atom. The molecule has 1 fully saturated rings. The van der Waals surface area contributed by atoms with Gasteiger partial charge in [0.15, 0.2) is 0 Å². The highest BCUT2D eigenvalue weighted by Crippen LogP contribution is 2.25. The maximum Gasteiger partial charge on any atom is 0.277 e. The Labute approximate surface area is 139 Å². The van der Waals surface area contributed by atoms with Crippen molar-refractivity contribution in [3.63, 3.8) is 0 Å². The van der Waals surface area contributed by atoms with Crippen LogP contribution in [0.15, 0.2) is 38.4 Å². The normalized spacial score (nSPS) is 14.6. The minimum atomic E-state index is -0.213. The van der Waals surface area contributed by atoms with Crippen LogP contribution in [0.1, 0.15) is 12.8 Å². The predicted octanol–water partition coefficient (Wildman–Crippen LogP) is 2.74. The van der Waals surface area contributed by atoms with Crippen molar-refractivity contribution in [2.24, 2.45) is 0 Å². The zero-order valence-corrected chi connectivity index (χ0v) is 13.9. The van der Waals surface area contributed by atoms with Crippen molar-refractivity contribution < 1.29 is 14.0 Å². The Morgan fingerprint density at radius 1 is 1.41 bits per heavy atom. The van der Waals surface area contributed by atoms with Crippen molar-refractivity contribution in [2.75, 3.05) is 12.3 Å². The summed E-state index contributed by atoms with van der Waals surface area (Å²) in [5.74, 6) is 0.195. The van der Waals surface area contributed by atoms with E-state index in [2.05, 4.69) is 26.1 Å². The Morgan fingerprint density at radius 2 is 2.27 bits per heavy atom. The second-order valence-electron chi connectivity index (χ2n) is 4.71. The van der Waals surface area contributed by atoms with E-state index in [1.54, 1.807) is 0 Å². The first-order valence-corrected chi connectivity index (χ1v) is 8.47. The fraction of sp³-hybridized carbons (Fsp3) is 0.286. The smallest absolute Gasteiger partial charge is 0.277 e. The van der Waals surface area contributed by atoms with Crippen LogP contribution < -0.4 is 0 Å². The molecule has 1 saturated heterocycles. The number of halogens is 1. The first-order chi connectivity index (χ1) is 10.6. The predicted molar refractivity (Wildman–Crippen MR) is 84.1 cm³/mol. The van der Waals surface area contributed by atoms with E-state index >= 15 is 0 Å². The molecule has 0 saturated carbocycles. The zero-order chi connectivity index (χ0) is 15.5. The van der Waals surface area contributed by atoms with Gasteiger partial charge in [-0.1, -0.05) is 33.8 Å². The van der Waals surface area contributed by atoms with Gasteiger partial charge in [0.25, 0.3) is 5.22 Å². The van der Waals surface area contributed by atoms with E-state index in [0.29, 0.717) is 24.1 Å². The molecule has 0 bridgehead atoms. The third-order valence-corrected chi connectivity index (χ3v) is 4.47. The lowest BCUT2D eigenvalue weighted by Crippen LogP contribution is -2.33. The number of nitrogens with zero attached hydrogens (tertiary/aromatic N) is 3. The molecular formula is C14H12BrN3O3S. The van der Waals surface area contributed by atoms with Crippen LogP contribution in [-0.4, -0.2) is 39.2 Å². The van der Waals surface area contributed by atoms with E-state index in [9.17, 15) is 9.59 Å². The number of imide groups is 1. The molecule has 1 aliphatic rings. The van der Waals surface area contributed by atoms with Gasteiger partial charge >= 0.3 is 0 Å².